The second kappa shape index (κ2) is 6.12. The van der Waals surface area contributed by atoms with Crippen LogP contribution < -0.4 is 10.9 Å². The Morgan fingerprint density at radius 1 is 1.06 bits per heavy atom. The van der Waals surface area contributed by atoms with Crippen molar-refractivity contribution in [2.45, 2.75) is 6.42 Å². The fourth-order valence-corrected chi connectivity index (χ4v) is 3.83. The molecule has 5 heteroatoms. The Balaban J connectivity index is 3.17. The van der Waals surface area contributed by atoms with Gasteiger partial charge in [0.2, 0.25) is 0 Å². The zero-order valence-electron chi connectivity index (χ0n) is 10.0. The molecule has 1 rings (SSSR count). The monoisotopic (exact) mass is 241 g/mol. The molecule has 0 aliphatic rings. The number of rotatable bonds is 6. The van der Waals surface area contributed by atoms with Gasteiger partial charge in [0.25, 0.3) is 0 Å². The molecule has 0 amide bonds. The van der Waals surface area contributed by atoms with Gasteiger partial charge >= 0.3 is 8.80 Å². The van der Waals surface area contributed by atoms with E-state index in [1.54, 1.807) is 21.3 Å². The molecule has 0 unspecified atom stereocenters. The summed E-state index contributed by atoms with van der Waals surface area (Å²) in [7, 11) is 2.10. The van der Waals surface area contributed by atoms with Crippen LogP contribution in [-0.2, 0) is 19.7 Å². The lowest BCUT2D eigenvalue weighted by atomic mass is 10.1. The van der Waals surface area contributed by atoms with E-state index in [1.807, 2.05) is 24.3 Å². The summed E-state index contributed by atoms with van der Waals surface area (Å²) < 4.78 is 16.4. The second-order valence-electron chi connectivity index (χ2n) is 3.36. The van der Waals surface area contributed by atoms with E-state index >= 15 is 0 Å². The van der Waals surface area contributed by atoms with Gasteiger partial charge in [-0.25, -0.2) is 0 Å². The Bertz CT molecular complexity index is 320. The molecule has 0 saturated carbocycles. The van der Waals surface area contributed by atoms with Gasteiger partial charge < -0.3 is 19.0 Å². The average molecular weight is 241 g/mol. The third-order valence-corrected chi connectivity index (χ3v) is 5.33. The van der Waals surface area contributed by atoms with E-state index in [-0.39, 0.29) is 0 Å². The molecule has 0 aliphatic carbocycles. The molecule has 90 valence electrons. The first-order valence-corrected chi connectivity index (χ1v) is 6.90. The molecule has 16 heavy (non-hydrogen) atoms. The molecular formula is C11H19NO3Si. The minimum Gasteiger partial charge on any atom is -0.373 e. The van der Waals surface area contributed by atoms with Crippen molar-refractivity contribution >= 4 is 14.0 Å². The zero-order chi connectivity index (χ0) is 12.0. The largest absolute Gasteiger partial charge is 0.536 e. The molecule has 1 aromatic carbocycles. The minimum absolute atomic E-state index is 0.596. The third kappa shape index (κ3) is 2.50. The van der Waals surface area contributed by atoms with Crippen LogP contribution in [0, 0.1) is 0 Å². The Morgan fingerprint density at radius 2 is 1.62 bits per heavy atom. The van der Waals surface area contributed by atoms with Gasteiger partial charge in [0, 0.05) is 26.5 Å². The average Bonchev–Trinajstić information content (AvgIpc) is 2.34. The van der Waals surface area contributed by atoms with E-state index in [0.29, 0.717) is 6.54 Å². The summed E-state index contributed by atoms with van der Waals surface area (Å²) in [5, 5.41) is 0.993. The maximum absolute atomic E-state index is 5.59. The normalized spacial score (nSPS) is 11.8. The van der Waals surface area contributed by atoms with Crippen molar-refractivity contribution in [1.29, 1.82) is 0 Å². The van der Waals surface area contributed by atoms with Crippen LogP contribution in [0.15, 0.2) is 24.3 Å². The third-order valence-electron chi connectivity index (χ3n) is 2.57. The minimum atomic E-state index is -2.73. The quantitative estimate of drug-likeness (QED) is 0.727. The molecular weight excluding hydrogens is 222 g/mol. The van der Waals surface area contributed by atoms with E-state index in [0.717, 1.165) is 17.2 Å². The lowest BCUT2D eigenvalue weighted by Crippen LogP contribution is -2.56. The second-order valence-corrected chi connectivity index (χ2v) is 6.24. The molecule has 0 atom stereocenters. The van der Waals surface area contributed by atoms with Crippen LogP contribution in [0.5, 0.6) is 0 Å². The number of benzene rings is 1. The van der Waals surface area contributed by atoms with Crippen LogP contribution in [0.25, 0.3) is 0 Å². The Hall–Kier alpha value is -0.723. The van der Waals surface area contributed by atoms with Gasteiger partial charge in [0.05, 0.1) is 0 Å². The number of hydrogen-bond donors (Lipinski definition) is 1. The summed E-state index contributed by atoms with van der Waals surface area (Å²) >= 11 is 0. The molecule has 0 aliphatic heterocycles. The van der Waals surface area contributed by atoms with Gasteiger partial charge in [0.1, 0.15) is 0 Å². The number of nitrogens with two attached hydrogens (primary N) is 1. The highest BCUT2D eigenvalue weighted by atomic mass is 28.4. The summed E-state index contributed by atoms with van der Waals surface area (Å²) in [6.07, 6.45) is 0.793. The Kier molecular flexibility index (Phi) is 5.10. The van der Waals surface area contributed by atoms with E-state index in [2.05, 4.69) is 0 Å². The van der Waals surface area contributed by atoms with Crippen LogP contribution in [0.3, 0.4) is 0 Å². The lowest BCUT2D eigenvalue weighted by Gasteiger charge is -2.26. The molecule has 0 radical (unpaired) electrons. The van der Waals surface area contributed by atoms with Crippen LogP contribution in [0.1, 0.15) is 5.56 Å². The summed E-state index contributed by atoms with van der Waals surface area (Å²) in [5.41, 5.74) is 6.72. The molecule has 2 N–H and O–H groups in total. The van der Waals surface area contributed by atoms with Crippen LogP contribution >= 0.6 is 0 Å². The first-order valence-electron chi connectivity index (χ1n) is 5.18. The molecule has 0 spiro atoms. The fourth-order valence-electron chi connectivity index (χ4n) is 1.77. The van der Waals surface area contributed by atoms with Gasteiger partial charge in [-0.1, -0.05) is 24.3 Å². The standard InChI is InChI=1S/C11H19NO3Si/c1-13-16(14-2,15-3)11-7-5-4-6-10(11)8-9-12/h4-7H,8-9,12H2,1-3H3. The SMILES string of the molecule is CO[Si](OC)(OC)c1ccccc1CCN. The van der Waals surface area contributed by atoms with Crippen molar-refractivity contribution in [3.63, 3.8) is 0 Å². The van der Waals surface area contributed by atoms with Crippen molar-refractivity contribution in [2.75, 3.05) is 27.9 Å². The van der Waals surface area contributed by atoms with Gasteiger partial charge in [-0.3, -0.25) is 0 Å². The van der Waals surface area contributed by atoms with Crippen molar-refractivity contribution in [3.05, 3.63) is 29.8 Å². The van der Waals surface area contributed by atoms with Crippen molar-refractivity contribution < 1.29 is 13.3 Å². The predicted octanol–water partition coefficient (Wildman–Crippen LogP) is 0.273. The first-order chi connectivity index (χ1) is 7.74. The summed E-state index contributed by atoms with van der Waals surface area (Å²) in [5.74, 6) is 0. The molecule has 0 heterocycles. The van der Waals surface area contributed by atoms with Crippen molar-refractivity contribution in [3.8, 4) is 0 Å². The highest BCUT2D eigenvalue weighted by molar-refractivity contribution is 6.75. The van der Waals surface area contributed by atoms with Crippen molar-refractivity contribution in [1.82, 2.24) is 0 Å². The summed E-state index contributed by atoms with van der Waals surface area (Å²) in [6, 6.07) is 7.94. The molecule has 0 fully saturated rings. The van der Waals surface area contributed by atoms with E-state index in [1.165, 1.54) is 0 Å². The topological polar surface area (TPSA) is 53.7 Å². The molecule has 1 aromatic rings. The Morgan fingerprint density at radius 3 is 2.12 bits per heavy atom. The molecule has 0 bridgehead atoms. The van der Waals surface area contributed by atoms with Gasteiger partial charge in [0.15, 0.2) is 0 Å². The van der Waals surface area contributed by atoms with E-state index < -0.39 is 8.80 Å². The predicted molar refractivity (Wildman–Crippen MR) is 65.6 cm³/mol. The van der Waals surface area contributed by atoms with Crippen LogP contribution in [0.4, 0.5) is 0 Å². The highest BCUT2D eigenvalue weighted by Crippen LogP contribution is 2.10. The van der Waals surface area contributed by atoms with Crippen LogP contribution in [0.2, 0.25) is 0 Å². The number of hydrogen-bond acceptors (Lipinski definition) is 4. The van der Waals surface area contributed by atoms with Gasteiger partial charge in [-0.2, -0.15) is 0 Å². The Labute approximate surface area is 97.7 Å². The summed E-state index contributed by atoms with van der Waals surface area (Å²) in [6.45, 7) is 0.596. The highest BCUT2D eigenvalue weighted by Gasteiger charge is 2.42. The van der Waals surface area contributed by atoms with Crippen LogP contribution in [-0.4, -0.2) is 36.7 Å². The first kappa shape index (κ1) is 13.3. The molecule has 4 nitrogen and oxygen atoms in total. The van der Waals surface area contributed by atoms with Gasteiger partial charge in [-0.15, -0.1) is 0 Å². The van der Waals surface area contributed by atoms with E-state index in [4.69, 9.17) is 19.0 Å². The van der Waals surface area contributed by atoms with Crippen molar-refractivity contribution in [2.24, 2.45) is 5.73 Å². The maximum atomic E-state index is 5.59. The summed E-state index contributed by atoms with van der Waals surface area (Å²) in [4.78, 5) is 0. The smallest absolute Gasteiger partial charge is 0.373 e. The fraction of sp³-hybridized carbons (Fsp3) is 0.455. The zero-order valence-corrected chi connectivity index (χ0v) is 11.0. The van der Waals surface area contributed by atoms with Gasteiger partial charge in [-0.05, 0) is 18.5 Å². The maximum Gasteiger partial charge on any atom is 0.536 e. The lowest BCUT2D eigenvalue weighted by molar-refractivity contribution is 0.140. The van der Waals surface area contributed by atoms with E-state index in [9.17, 15) is 0 Å². The molecule has 0 saturated heterocycles. The molecule has 0 aromatic heterocycles.